The number of carbonyl (C=O) groups excluding carboxylic acids is 2. The number of nitrogens with zero attached hydrogens (tertiary/aromatic N) is 2. The fraction of sp³-hybridized carbons (Fsp3) is 0.316. The maximum Gasteiger partial charge on any atom is 0.264 e. The van der Waals surface area contributed by atoms with Crippen molar-refractivity contribution in [1.82, 2.24) is 10.2 Å². The Bertz CT molecular complexity index is 1850. The van der Waals surface area contributed by atoms with Crippen molar-refractivity contribution in [3.05, 3.63) is 124 Å². The van der Waals surface area contributed by atoms with Crippen LogP contribution in [0.3, 0.4) is 0 Å². The highest BCUT2D eigenvalue weighted by atomic mass is 35.5. The minimum Gasteiger partial charge on any atom is -0.492 e. The van der Waals surface area contributed by atoms with Gasteiger partial charge in [0.15, 0.2) is 0 Å². The molecule has 1 aliphatic carbocycles. The van der Waals surface area contributed by atoms with Crippen molar-refractivity contribution < 1.29 is 22.7 Å². The van der Waals surface area contributed by atoms with E-state index in [1.807, 2.05) is 37.3 Å². The average Bonchev–Trinajstić information content (AvgIpc) is 3.60. The highest BCUT2D eigenvalue weighted by Gasteiger charge is 2.36. The molecule has 0 saturated heterocycles. The van der Waals surface area contributed by atoms with Gasteiger partial charge in [-0.1, -0.05) is 102 Å². The van der Waals surface area contributed by atoms with Gasteiger partial charge in [0.05, 0.1) is 17.2 Å². The summed E-state index contributed by atoms with van der Waals surface area (Å²) in [6.45, 7) is 3.29. The number of halogens is 2. The third-order valence-corrected chi connectivity index (χ3v) is 11.0. The number of sulfonamides is 1. The van der Waals surface area contributed by atoms with Crippen LogP contribution >= 0.6 is 23.2 Å². The van der Waals surface area contributed by atoms with Gasteiger partial charge in [0.1, 0.15) is 18.3 Å². The summed E-state index contributed by atoms with van der Waals surface area (Å²) in [6.07, 6.45) is 3.95. The zero-order valence-electron chi connectivity index (χ0n) is 27.6. The topological polar surface area (TPSA) is 96.0 Å². The zero-order valence-corrected chi connectivity index (χ0v) is 30.0. The predicted molar refractivity (Wildman–Crippen MR) is 195 cm³/mol. The van der Waals surface area contributed by atoms with Crippen molar-refractivity contribution in [2.24, 2.45) is 0 Å². The SMILES string of the molecule is CCOc1ccccc1N(CC(=O)N(Cc1ccc(Cl)cc1Cl)[C@H](Cc1ccccc1)C(=O)NC1CCCC1)S(=O)(=O)c1ccc(C)cc1. The molecule has 258 valence electrons. The van der Waals surface area contributed by atoms with Crippen LogP contribution in [-0.2, 0) is 32.6 Å². The van der Waals surface area contributed by atoms with E-state index in [0.717, 1.165) is 41.1 Å². The first-order valence-electron chi connectivity index (χ1n) is 16.5. The lowest BCUT2D eigenvalue weighted by Gasteiger charge is -2.34. The lowest BCUT2D eigenvalue weighted by molar-refractivity contribution is -0.140. The van der Waals surface area contributed by atoms with E-state index in [9.17, 15) is 18.0 Å². The number of rotatable bonds is 14. The molecule has 1 aliphatic rings. The Hall–Kier alpha value is -4.05. The van der Waals surface area contributed by atoms with Crippen molar-refractivity contribution >= 4 is 50.7 Å². The first-order chi connectivity index (χ1) is 23.6. The van der Waals surface area contributed by atoms with E-state index < -0.39 is 28.5 Å². The van der Waals surface area contributed by atoms with Crippen LogP contribution in [0, 0.1) is 6.92 Å². The number of para-hydroxylation sites is 2. The molecule has 0 radical (unpaired) electrons. The highest BCUT2D eigenvalue weighted by Crippen LogP contribution is 2.33. The molecule has 0 heterocycles. The molecule has 1 atom stereocenters. The molecular weight excluding hydrogens is 681 g/mol. The summed E-state index contributed by atoms with van der Waals surface area (Å²) in [7, 11) is -4.29. The molecule has 0 aromatic heterocycles. The standard InChI is InChI=1S/C38H41Cl2N3O5S/c1-3-48-36-16-10-9-15-34(36)43(49(46,47)32-21-17-27(2)18-22-32)26-37(44)42(25-29-19-20-30(39)24-33(29)40)35(23-28-11-5-4-6-12-28)38(45)41-31-13-7-8-14-31/h4-6,9-12,15-22,24,31,35H,3,7-8,13-14,23,25-26H2,1-2H3,(H,41,45)/t35-/m1/s1. The van der Waals surface area contributed by atoms with Crippen LogP contribution in [-0.4, -0.2) is 50.4 Å². The zero-order chi connectivity index (χ0) is 35.0. The maximum atomic E-state index is 14.8. The summed E-state index contributed by atoms with van der Waals surface area (Å²) in [5, 5.41) is 3.93. The van der Waals surface area contributed by atoms with E-state index in [-0.39, 0.29) is 42.1 Å². The second kappa shape index (κ2) is 16.6. The fourth-order valence-electron chi connectivity index (χ4n) is 6.05. The van der Waals surface area contributed by atoms with Crippen LogP contribution < -0.4 is 14.4 Å². The van der Waals surface area contributed by atoms with Crippen LogP contribution in [0.4, 0.5) is 5.69 Å². The minimum absolute atomic E-state index is 0.00155. The van der Waals surface area contributed by atoms with Crippen LogP contribution in [0.5, 0.6) is 5.75 Å². The average molecular weight is 723 g/mol. The van der Waals surface area contributed by atoms with Crippen LogP contribution in [0.25, 0.3) is 0 Å². The van der Waals surface area contributed by atoms with Gasteiger partial charge >= 0.3 is 0 Å². The highest BCUT2D eigenvalue weighted by molar-refractivity contribution is 7.92. The number of aryl methyl sites for hydroxylation is 1. The van der Waals surface area contributed by atoms with E-state index >= 15 is 0 Å². The third-order valence-electron chi connectivity index (χ3n) is 8.65. The summed E-state index contributed by atoms with van der Waals surface area (Å²) in [4.78, 5) is 30.5. The molecule has 4 aromatic rings. The lowest BCUT2D eigenvalue weighted by Crippen LogP contribution is -2.54. The Labute approximate surface area is 299 Å². The first-order valence-corrected chi connectivity index (χ1v) is 18.7. The molecule has 2 amide bonds. The van der Waals surface area contributed by atoms with Gasteiger partial charge in [0.2, 0.25) is 11.8 Å². The second-order valence-corrected chi connectivity index (χ2v) is 14.9. The van der Waals surface area contributed by atoms with E-state index in [2.05, 4.69) is 5.32 Å². The Morgan fingerprint density at radius 3 is 2.27 bits per heavy atom. The van der Waals surface area contributed by atoms with Gasteiger partial charge in [-0.3, -0.25) is 13.9 Å². The van der Waals surface area contributed by atoms with E-state index in [1.165, 1.54) is 17.0 Å². The minimum atomic E-state index is -4.29. The number of ether oxygens (including phenoxy) is 1. The summed E-state index contributed by atoms with van der Waals surface area (Å²) in [5.41, 5.74) is 2.51. The molecule has 0 aliphatic heterocycles. The summed E-state index contributed by atoms with van der Waals surface area (Å²) in [6, 6.07) is 26.6. The van der Waals surface area contributed by atoms with Crippen molar-refractivity contribution in [3.8, 4) is 5.75 Å². The molecule has 5 rings (SSSR count). The number of nitrogens with one attached hydrogen (secondary N) is 1. The number of amides is 2. The second-order valence-electron chi connectivity index (χ2n) is 12.2. The Morgan fingerprint density at radius 1 is 0.918 bits per heavy atom. The molecule has 0 unspecified atom stereocenters. The smallest absolute Gasteiger partial charge is 0.264 e. The molecule has 11 heteroatoms. The van der Waals surface area contributed by atoms with E-state index in [0.29, 0.717) is 21.4 Å². The maximum absolute atomic E-state index is 14.8. The molecule has 49 heavy (non-hydrogen) atoms. The number of hydrogen-bond donors (Lipinski definition) is 1. The quantitative estimate of drug-likeness (QED) is 0.145. The van der Waals surface area contributed by atoms with Gasteiger partial charge in [-0.2, -0.15) is 0 Å². The van der Waals surface area contributed by atoms with Gasteiger partial charge in [-0.05, 0) is 74.2 Å². The summed E-state index contributed by atoms with van der Waals surface area (Å²) < 4.78 is 35.7. The normalized spacial score (nSPS) is 13.9. The van der Waals surface area contributed by atoms with Crippen molar-refractivity contribution in [3.63, 3.8) is 0 Å². The van der Waals surface area contributed by atoms with Crippen molar-refractivity contribution in [1.29, 1.82) is 0 Å². The van der Waals surface area contributed by atoms with E-state index in [1.54, 1.807) is 61.5 Å². The third kappa shape index (κ3) is 9.15. The molecule has 4 aromatic carbocycles. The lowest BCUT2D eigenvalue weighted by atomic mass is 10.0. The van der Waals surface area contributed by atoms with Gasteiger partial charge in [-0.25, -0.2) is 8.42 Å². The Balaban J connectivity index is 1.61. The van der Waals surface area contributed by atoms with Gasteiger partial charge in [0, 0.05) is 29.1 Å². The molecule has 1 fully saturated rings. The van der Waals surface area contributed by atoms with Gasteiger partial charge < -0.3 is 15.0 Å². The number of carbonyl (C=O) groups is 2. The van der Waals surface area contributed by atoms with Gasteiger partial charge in [0.25, 0.3) is 10.0 Å². The number of hydrogen-bond acceptors (Lipinski definition) is 5. The first kappa shape index (κ1) is 36.2. The van der Waals surface area contributed by atoms with Crippen LogP contribution in [0.2, 0.25) is 10.0 Å². The van der Waals surface area contributed by atoms with E-state index in [4.69, 9.17) is 27.9 Å². The van der Waals surface area contributed by atoms with Crippen molar-refractivity contribution in [2.75, 3.05) is 17.5 Å². The number of anilines is 1. The summed E-state index contributed by atoms with van der Waals surface area (Å²) in [5.74, 6) is -0.590. The van der Waals surface area contributed by atoms with Crippen LogP contribution in [0.1, 0.15) is 49.3 Å². The predicted octanol–water partition coefficient (Wildman–Crippen LogP) is 7.59. The molecule has 8 nitrogen and oxygen atoms in total. The Kier molecular flexibility index (Phi) is 12.3. The molecule has 1 N–H and O–H groups in total. The molecule has 0 spiro atoms. The largest absolute Gasteiger partial charge is 0.492 e. The van der Waals surface area contributed by atoms with Crippen LogP contribution in [0.15, 0.2) is 102 Å². The number of benzene rings is 4. The van der Waals surface area contributed by atoms with Crippen molar-refractivity contribution in [2.45, 2.75) is 69.5 Å². The molecule has 1 saturated carbocycles. The molecule has 0 bridgehead atoms. The fourth-order valence-corrected chi connectivity index (χ4v) is 7.94. The van der Waals surface area contributed by atoms with Gasteiger partial charge in [-0.15, -0.1) is 0 Å². The summed E-state index contributed by atoms with van der Waals surface area (Å²) >= 11 is 12.8. The monoisotopic (exact) mass is 721 g/mol. The Morgan fingerprint density at radius 2 is 1.59 bits per heavy atom. The molecular formula is C38H41Cl2N3O5S.